The lowest BCUT2D eigenvalue weighted by molar-refractivity contribution is -0.133. The molecule has 0 aliphatic carbocycles. The fourth-order valence-corrected chi connectivity index (χ4v) is 2.97. The summed E-state index contributed by atoms with van der Waals surface area (Å²) in [6.07, 6.45) is 1.58. The number of nitriles is 1. The fourth-order valence-electron chi connectivity index (χ4n) is 2.97. The Hall–Kier alpha value is -2.06. The van der Waals surface area contributed by atoms with E-state index in [0.717, 1.165) is 25.1 Å². The van der Waals surface area contributed by atoms with E-state index in [2.05, 4.69) is 12.2 Å². The Morgan fingerprint density at radius 3 is 2.95 bits per heavy atom. The molecule has 0 aromatic heterocycles. The van der Waals surface area contributed by atoms with Crippen LogP contribution in [0.5, 0.6) is 5.75 Å². The Bertz CT molecular complexity index is 580. The van der Waals surface area contributed by atoms with Crippen LogP contribution >= 0.6 is 0 Å². The summed E-state index contributed by atoms with van der Waals surface area (Å²) in [4.78, 5) is 13.8. The number of likely N-dealkylation sites (tertiary alicyclic amines) is 1. The van der Waals surface area contributed by atoms with Crippen molar-refractivity contribution in [1.29, 1.82) is 5.26 Å². The maximum Gasteiger partial charge on any atom is 0.222 e. The van der Waals surface area contributed by atoms with E-state index < -0.39 is 0 Å². The van der Waals surface area contributed by atoms with E-state index in [0.29, 0.717) is 24.4 Å². The molecule has 1 amide bonds. The summed E-state index contributed by atoms with van der Waals surface area (Å²) in [6, 6.07) is 7.30. The summed E-state index contributed by atoms with van der Waals surface area (Å²) in [6.45, 7) is 6.26. The van der Waals surface area contributed by atoms with Gasteiger partial charge in [-0.15, -0.1) is 0 Å². The van der Waals surface area contributed by atoms with Crippen molar-refractivity contribution >= 4 is 5.91 Å². The number of aromatic hydroxyl groups is 1. The molecule has 5 heteroatoms. The molecule has 1 aliphatic rings. The summed E-state index contributed by atoms with van der Waals surface area (Å²) in [5, 5.41) is 21.9. The molecule has 1 aliphatic heterocycles. The average Bonchev–Trinajstić information content (AvgIpc) is 2.52. The van der Waals surface area contributed by atoms with Gasteiger partial charge >= 0.3 is 0 Å². The first kappa shape index (κ1) is 16.3. The molecular weight excluding hydrogens is 278 g/mol. The van der Waals surface area contributed by atoms with Crippen molar-refractivity contribution < 1.29 is 9.90 Å². The first-order valence-electron chi connectivity index (χ1n) is 7.76. The molecule has 2 N–H and O–H groups in total. The number of nitrogens with one attached hydrogen (secondary N) is 1. The fraction of sp³-hybridized carbons (Fsp3) is 0.529. The van der Waals surface area contributed by atoms with Gasteiger partial charge in [-0.05, 0) is 30.0 Å². The second-order valence-electron chi connectivity index (χ2n) is 6.03. The highest BCUT2D eigenvalue weighted by atomic mass is 16.3. The van der Waals surface area contributed by atoms with Gasteiger partial charge in [0.2, 0.25) is 5.91 Å². The number of hydrogen-bond acceptors (Lipinski definition) is 4. The molecule has 1 fully saturated rings. The van der Waals surface area contributed by atoms with Crippen molar-refractivity contribution in [3.8, 4) is 11.8 Å². The Morgan fingerprint density at radius 1 is 1.50 bits per heavy atom. The van der Waals surface area contributed by atoms with Gasteiger partial charge in [-0.2, -0.15) is 5.26 Å². The molecule has 118 valence electrons. The Morgan fingerprint density at radius 2 is 2.27 bits per heavy atom. The van der Waals surface area contributed by atoms with Crippen LogP contribution in [0.2, 0.25) is 0 Å². The smallest absolute Gasteiger partial charge is 0.222 e. The summed E-state index contributed by atoms with van der Waals surface area (Å²) >= 11 is 0. The number of carbonyl (C=O) groups excluding carboxylic acids is 1. The monoisotopic (exact) mass is 301 g/mol. The minimum absolute atomic E-state index is 0.0113. The zero-order chi connectivity index (χ0) is 16.1. The third-order valence-electron chi connectivity index (χ3n) is 4.09. The largest absolute Gasteiger partial charge is 0.507 e. The van der Waals surface area contributed by atoms with Gasteiger partial charge in [0.05, 0.1) is 5.56 Å². The molecule has 0 saturated carbocycles. The predicted molar refractivity (Wildman–Crippen MR) is 84.1 cm³/mol. The lowest BCUT2D eigenvalue weighted by Gasteiger charge is -2.37. The molecule has 5 nitrogen and oxygen atoms in total. The van der Waals surface area contributed by atoms with Gasteiger partial charge in [0.15, 0.2) is 0 Å². The van der Waals surface area contributed by atoms with Crippen molar-refractivity contribution in [2.24, 2.45) is 5.92 Å². The normalized spacial score (nSPS) is 21.4. The predicted octanol–water partition coefficient (Wildman–Crippen LogP) is 2.00. The van der Waals surface area contributed by atoms with Gasteiger partial charge in [-0.3, -0.25) is 4.79 Å². The molecule has 2 atom stereocenters. The molecule has 22 heavy (non-hydrogen) atoms. The van der Waals surface area contributed by atoms with Crippen LogP contribution in [0, 0.1) is 17.2 Å². The van der Waals surface area contributed by atoms with Crippen LogP contribution in [0.15, 0.2) is 18.2 Å². The van der Waals surface area contributed by atoms with Gasteiger partial charge in [-0.25, -0.2) is 0 Å². The van der Waals surface area contributed by atoms with E-state index in [4.69, 9.17) is 5.26 Å². The van der Waals surface area contributed by atoms with Crippen LogP contribution in [0.1, 0.15) is 37.8 Å². The number of carbonyl (C=O) groups is 1. The van der Waals surface area contributed by atoms with Crippen LogP contribution in [-0.2, 0) is 11.3 Å². The maximum atomic E-state index is 11.9. The quantitative estimate of drug-likeness (QED) is 0.892. The molecule has 1 aromatic carbocycles. The maximum absolute atomic E-state index is 11.9. The Balaban J connectivity index is 1.96. The van der Waals surface area contributed by atoms with Crippen LogP contribution in [0.3, 0.4) is 0 Å². The van der Waals surface area contributed by atoms with Gasteiger partial charge in [0.1, 0.15) is 11.8 Å². The minimum Gasteiger partial charge on any atom is -0.507 e. The highest BCUT2D eigenvalue weighted by molar-refractivity contribution is 5.76. The number of phenolic OH excluding ortho intramolecular Hbond substituents is 1. The lowest BCUT2D eigenvalue weighted by atomic mass is 9.95. The molecule has 2 rings (SSSR count). The number of piperidine rings is 1. The Kier molecular flexibility index (Phi) is 5.40. The van der Waals surface area contributed by atoms with Crippen LogP contribution in [0.25, 0.3) is 0 Å². The third-order valence-corrected chi connectivity index (χ3v) is 4.09. The second-order valence-corrected chi connectivity index (χ2v) is 6.03. The summed E-state index contributed by atoms with van der Waals surface area (Å²) in [5.41, 5.74) is 1.25. The standard InChI is InChI=1S/C17H23N3O2/c1-3-17(22)20-10-12(2)6-15(11-20)19-9-13-4-5-16(21)14(7-13)8-18/h4-5,7,12,15,19,21H,3,6,9-11H2,1-2H3/t12-,15+/m1/s1. The van der Waals surface area contributed by atoms with Crippen LogP contribution in [0.4, 0.5) is 0 Å². The van der Waals surface area contributed by atoms with Gasteiger partial charge in [-0.1, -0.05) is 19.9 Å². The number of nitrogens with zero attached hydrogens (tertiary/aromatic N) is 2. The average molecular weight is 301 g/mol. The number of amides is 1. The number of hydrogen-bond donors (Lipinski definition) is 2. The third kappa shape index (κ3) is 3.99. The number of phenols is 1. The van der Waals surface area contributed by atoms with Gasteiger partial charge in [0, 0.05) is 32.1 Å². The highest BCUT2D eigenvalue weighted by Gasteiger charge is 2.26. The molecule has 0 radical (unpaired) electrons. The highest BCUT2D eigenvalue weighted by Crippen LogP contribution is 2.19. The summed E-state index contributed by atoms with van der Waals surface area (Å²) in [5.74, 6) is 0.697. The molecule has 0 spiro atoms. The molecule has 0 unspecified atom stereocenters. The van der Waals surface area contributed by atoms with E-state index in [1.807, 2.05) is 24.0 Å². The topological polar surface area (TPSA) is 76.4 Å². The van der Waals surface area contributed by atoms with Crippen LogP contribution < -0.4 is 5.32 Å². The van der Waals surface area contributed by atoms with E-state index in [1.165, 1.54) is 0 Å². The van der Waals surface area contributed by atoms with E-state index >= 15 is 0 Å². The molecule has 1 saturated heterocycles. The SMILES string of the molecule is CCC(=O)N1C[C@H](C)C[C@H](NCc2ccc(O)c(C#N)c2)C1. The minimum atomic E-state index is 0.0113. The molecular formula is C17H23N3O2. The van der Waals surface area contributed by atoms with Crippen molar-refractivity contribution in [2.75, 3.05) is 13.1 Å². The molecule has 1 heterocycles. The van der Waals surface area contributed by atoms with E-state index in [9.17, 15) is 9.90 Å². The zero-order valence-corrected chi connectivity index (χ0v) is 13.2. The summed E-state index contributed by atoms with van der Waals surface area (Å²) in [7, 11) is 0. The lowest BCUT2D eigenvalue weighted by Crippen LogP contribution is -2.50. The van der Waals surface area contributed by atoms with Gasteiger partial charge in [0.25, 0.3) is 0 Å². The Labute approximate surface area is 131 Å². The second kappa shape index (κ2) is 7.28. The van der Waals surface area contributed by atoms with E-state index in [1.54, 1.807) is 12.1 Å². The first-order valence-corrected chi connectivity index (χ1v) is 7.76. The first-order chi connectivity index (χ1) is 10.5. The van der Waals surface area contributed by atoms with Crippen molar-refractivity contribution in [3.63, 3.8) is 0 Å². The summed E-state index contributed by atoms with van der Waals surface area (Å²) < 4.78 is 0. The van der Waals surface area contributed by atoms with Crippen molar-refractivity contribution in [1.82, 2.24) is 10.2 Å². The number of rotatable bonds is 4. The molecule has 0 bridgehead atoms. The zero-order valence-electron chi connectivity index (χ0n) is 13.2. The van der Waals surface area contributed by atoms with E-state index in [-0.39, 0.29) is 17.7 Å². The van der Waals surface area contributed by atoms with Crippen molar-refractivity contribution in [2.45, 2.75) is 39.3 Å². The number of benzene rings is 1. The van der Waals surface area contributed by atoms with Crippen molar-refractivity contribution in [3.05, 3.63) is 29.3 Å². The van der Waals surface area contributed by atoms with Gasteiger partial charge < -0.3 is 15.3 Å². The molecule has 1 aromatic rings. The van der Waals surface area contributed by atoms with Crippen LogP contribution in [-0.4, -0.2) is 35.0 Å².